The second-order valence-electron chi connectivity index (χ2n) is 4.23. The number of anilines is 1. The summed E-state index contributed by atoms with van der Waals surface area (Å²) < 4.78 is 13.1. The van der Waals surface area contributed by atoms with Crippen LogP contribution < -0.4 is 5.32 Å². The summed E-state index contributed by atoms with van der Waals surface area (Å²) in [7, 11) is 0. The minimum atomic E-state index is -0.316. The van der Waals surface area contributed by atoms with E-state index >= 15 is 0 Å². The van der Waals surface area contributed by atoms with Gasteiger partial charge in [0.1, 0.15) is 5.82 Å². The van der Waals surface area contributed by atoms with Gasteiger partial charge in [0.25, 0.3) is 0 Å². The van der Waals surface area contributed by atoms with Crippen LogP contribution in [0.5, 0.6) is 0 Å². The molecule has 0 bridgehead atoms. The van der Waals surface area contributed by atoms with E-state index in [1.54, 1.807) is 12.1 Å². The van der Waals surface area contributed by atoms with E-state index in [1.165, 1.54) is 18.2 Å². The molecule has 0 spiro atoms. The zero-order valence-electron chi connectivity index (χ0n) is 10.4. The molecule has 0 fully saturated rings. The van der Waals surface area contributed by atoms with Crippen molar-refractivity contribution in [1.82, 2.24) is 0 Å². The molecule has 0 saturated carbocycles. The van der Waals surface area contributed by atoms with Gasteiger partial charge in [0.2, 0.25) is 0 Å². The molecule has 0 aromatic heterocycles. The molecule has 96 valence electrons. The summed E-state index contributed by atoms with van der Waals surface area (Å²) in [6.07, 6.45) is 0. The summed E-state index contributed by atoms with van der Waals surface area (Å²) in [6, 6.07) is 11.7. The lowest BCUT2D eigenvalue weighted by molar-refractivity contribution is 0.626. The zero-order chi connectivity index (χ0) is 13.8. The molecule has 19 heavy (non-hydrogen) atoms. The number of aryl methyl sites for hydroxylation is 1. The van der Waals surface area contributed by atoms with E-state index in [2.05, 4.69) is 11.4 Å². The number of hydrogen-bond acceptors (Lipinski definition) is 2. The summed E-state index contributed by atoms with van der Waals surface area (Å²) in [5.74, 6) is -0.316. The SMILES string of the molecule is Cc1ccc(C#N)cc1NCc1cc(F)ccc1Cl. The van der Waals surface area contributed by atoms with Gasteiger partial charge in [-0.1, -0.05) is 17.7 Å². The molecule has 0 amide bonds. The lowest BCUT2D eigenvalue weighted by atomic mass is 10.1. The Morgan fingerprint density at radius 1 is 1.26 bits per heavy atom. The Balaban J connectivity index is 2.19. The molecule has 0 unspecified atom stereocenters. The molecular formula is C15H12ClFN2. The predicted octanol–water partition coefficient (Wildman–Crippen LogP) is 4.27. The Morgan fingerprint density at radius 3 is 2.79 bits per heavy atom. The van der Waals surface area contributed by atoms with Crippen LogP contribution in [0.1, 0.15) is 16.7 Å². The monoisotopic (exact) mass is 274 g/mol. The van der Waals surface area contributed by atoms with Crippen molar-refractivity contribution in [2.75, 3.05) is 5.32 Å². The number of nitrogens with zero attached hydrogens (tertiary/aromatic N) is 1. The van der Waals surface area contributed by atoms with Crippen LogP contribution in [0.15, 0.2) is 36.4 Å². The second kappa shape index (κ2) is 5.73. The van der Waals surface area contributed by atoms with Crippen LogP contribution in [0.4, 0.5) is 10.1 Å². The highest BCUT2D eigenvalue weighted by Gasteiger charge is 2.04. The van der Waals surface area contributed by atoms with Crippen molar-refractivity contribution in [1.29, 1.82) is 5.26 Å². The lowest BCUT2D eigenvalue weighted by Crippen LogP contribution is -2.02. The van der Waals surface area contributed by atoms with E-state index < -0.39 is 0 Å². The van der Waals surface area contributed by atoms with Crippen molar-refractivity contribution < 1.29 is 4.39 Å². The van der Waals surface area contributed by atoms with Crippen LogP contribution in [0, 0.1) is 24.1 Å². The second-order valence-corrected chi connectivity index (χ2v) is 4.64. The van der Waals surface area contributed by atoms with Gasteiger partial charge in [0.05, 0.1) is 11.6 Å². The first-order valence-corrected chi connectivity index (χ1v) is 6.16. The summed E-state index contributed by atoms with van der Waals surface area (Å²) in [5, 5.41) is 12.6. The molecule has 2 aromatic carbocycles. The molecule has 0 aliphatic carbocycles. The summed E-state index contributed by atoms with van der Waals surface area (Å²) in [5.41, 5.74) is 3.13. The first-order valence-electron chi connectivity index (χ1n) is 5.78. The van der Waals surface area contributed by atoms with Gasteiger partial charge in [-0.05, 0) is 48.4 Å². The van der Waals surface area contributed by atoms with Crippen molar-refractivity contribution in [2.24, 2.45) is 0 Å². The third-order valence-corrected chi connectivity index (χ3v) is 3.21. The summed E-state index contributed by atoms with van der Waals surface area (Å²) >= 11 is 6.00. The fourth-order valence-electron chi connectivity index (χ4n) is 1.75. The Morgan fingerprint density at radius 2 is 2.05 bits per heavy atom. The third-order valence-electron chi connectivity index (χ3n) is 2.84. The highest BCUT2D eigenvalue weighted by atomic mass is 35.5. The van der Waals surface area contributed by atoms with E-state index in [-0.39, 0.29) is 5.82 Å². The van der Waals surface area contributed by atoms with Gasteiger partial charge < -0.3 is 5.32 Å². The minimum absolute atomic E-state index is 0.316. The fraction of sp³-hybridized carbons (Fsp3) is 0.133. The van der Waals surface area contributed by atoms with Gasteiger partial charge in [-0.3, -0.25) is 0 Å². The molecule has 2 nitrogen and oxygen atoms in total. The molecule has 0 heterocycles. The Hall–Kier alpha value is -2.05. The largest absolute Gasteiger partial charge is 0.381 e. The maximum atomic E-state index is 13.1. The molecule has 2 rings (SSSR count). The average Bonchev–Trinajstić information content (AvgIpc) is 2.41. The Labute approximate surface area is 116 Å². The van der Waals surface area contributed by atoms with Gasteiger partial charge in [-0.2, -0.15) is 5.26 Å². The molecule has 2 aromatic rings. The Kier molecular flexibility index (Phi) is 4.03. The summed E-state index contributed by atoms with van der Waals surface area (Å²) in [6.45, 7) is 2.35. The first-order chi connectivity index (χ1) is 9.10. The molecule has 1 N–H and O–H groups in total. The highest BCUT2D eigenvalue weighted by molar-refractivity contribution is 6.31. The lowest BCUT2D eigenvalue weighted by Gasteiger charge is -2.11. The van der Waals surface area contributed by atoms with Crippen LogP contribution in [-0.2, 0) is 6.54 Å². The van der Waals surface area contributed by atoms with Crippen LogP contribution in [-0.4, -0.2) is 0 Å². The van der Waals surface area contributed by atoms with E-state index in [0.717, 1.165) is 11.3 Å². The van der Waals surface area contributed by atoms with Crippen molar-refractivity contribution in [3.05, 3.63) is 63.9 Å². The average molecular weight is 275 g/mol. The van der Waals surface area contributed by atoms with Crippen molar-refractivity contribution in [3.8, 4) is 6.07 Å². The van der Waals surface area contributed by atoms with Gasteiger partial charge in [0.15, 0.2) is 0 Å². The topological polar surface area (TPSA) is 35.8 Å². The zero-order valence-corrected chi connectivity index (χ0v) is 11.1. The number of nitrogens with one attached hydrogen (secondary N) is 1. The quantitative estimate of drug-likeness (QED) is 0.907. The normalized spacial score (nSPS) is 10.0. The molecule has 0 radical (unpaired) electrons. The van der Waals surface area contributed by atoms with Crippen LogP contribution in [0.25, 0.3) is 0 Å². The Bertz CT molecular complexity index is 647. The molecule has 0 aliphatic rings. The van der Waals surface area contributed by atoms with Crippen LogP contribution >= 0.6 is 11.6 Å². The molecular weight excluding hydrogens is 263 g/mol. The van der Waals surface area contributed by atoms with Crippen LogP contribution in [0.3, 0.4) is 0 Å². The minimum Gasteiger partial charge on any atom is -0.381 e. The predicted molar refractivity (Wildman–Crippen MR) is 74.6 cm³/mol. The highest BCUT2D eigenvalue weighted by Crippen LogP contribution is 2.21. The molecule has 0 atom stereocenters. The van der Waals surface area contributed by atoms with Crippen LogP contribution in [0.2, 0.25) is 5.02 Å². The number of rotatable bonds is 3. The smallest absolute Gasteiger partial charge is 0.123 e. The first kappa shape index (κ1) is 13.4. The molecule has 4 heteroatoms. The fourth-order valence-corrected chi connectivity index (χ4v) is 1.94. The van der Waals surface area contributed by atoms with E-state index in [1.807, 2.05) is 13.0 Å². The number of halogens is 2. The van der Waals surface area contributed by atoms with Gasteiger partial charge in [0, 0.05) is 17.3 Å². The number of nitriles is 1. The van der Waals surface area contributed by atoms with Crippen molar-refractivity contribution in [2.45, 2.75) is 13.5 Å². The van der Waals surface area contributed by atoms with Gasteiger partial charge >= 0.3 is 0 Å². The molecule has 0 saturated heterocycles. The maximum absolute atomic E-state index is 13.1. The maximum Gasteiger partial charge on any atom is 0.123 e. The number of benzene rings is 2. The van der Waals surface area contributed by atoms with E-state index in [0.29, 0.717) is 22.7 Å². The number of hydrogen-bond donors (Lipinski definition) is 1. The van der Waals surface area contributed by atoms with Gasteiger partial charge in [-0.25, -0.2) is 4.39 Å². The summed E-state index contributed by atoms with van der Waals surface area (Å²) in [4.78, 5) is 0. The van der Waals surface area contributed by atoms with Gasteiger partial charge in [-0.15, -0.1) is 0 Å². The third kappa shape index (κ3) is 3.24. The van der Waals surface area contributed by atoms with Crippen molar-refractivity contribution in [3.63, 3.8) is 0 Å². The molecule has 0 aliphatic heterocycles. The van der Waals surface area contributed by atoms with E-state index in [4.69, 9.17) is 16.9 Å². The standard InChI is InChI=1S/C15H12ClFN2/c1-10-2-3-11(8-18)6-15(10)19-9-12-7-13(17)4-5-14(12)16/h2-7,19H,9H2,1H3. The van der Waals surface area contributed by atoms with Crippen molar-refractivity contribution >= 4 is 17.3 Å². The van der Waals surface area contributed by atoms with E-state index in [9.17, 15) is 4.39 Å².